The lowest BCUT2D eigenvalue weighted by molar-refractivity contribution is 0.280. The smallest absolute Gasteiger partial charge is 0.166 e. The SMILES string of the molecule is COc1cccc(CNCCc2nc3ccccc3[nH]2)c1OCc1ccccc1. The van der Waals surface area contributed by atoms with E-state index in [0.717, 1.165) is 52.4 Å². The maximum atomic E-state index is 6.12. The highest BCUT2D eigenvalue weighted by atomic mass is 16.5. The van der Waals surface area contributed by atoms with Crippen LogP contribution in [0.4, 0.5) is 0 Å². The summed E-state index contributed by atoms with van der Waals surface area (Å²) in [6, 6.07) is 24.2. The van der Waals surface area contributed by atoms with Gasteiger partial charge < -0.3 is 19.8 Å². The average molecular weight is 387 g/mol. The van der Waals surface area contributed by atoms with E-state index >= 15 is 0 Å². The molecule has 0 saturated carbocycles. The lowest BCUT2D eigenvalue weighted by Gasteiger charge is -2.15. The van der Waals surface area contributed by atoms with Crippen LogP contribution in [0.3, 0.4) is 0 Å². The fraction of sp³-hybridized carbons (Fsp3) is 0.208. The third kappa shape index (κ3) is 4.76. The van der Waals surface area contributed by atoms with E-state index in [9.17, 15) is 0 Å². The molecule has 5 heteroatoms. The molecule has 0 atom stereocenters. The van der Waals surface area contributed by atoms with Crippen LogP contribution in [0, 0.1) is 0 Å². The Hall–Kier alpha value is -3.31. The third-order valence-corrected chi connectivity index (χ3v) is 4.80. The molecular formula is C24H25N3O2. The van der Waals surface area contributed by atoms with Gasteiger partial charge in [0.25, 0.3) is 0 Å². The fourth-order valence-electron chi connectivity index (χ4n) is 3.31. The lowest BCUT2D eigenvalue weighted by atomic mass is 10.1. The minimum Gasteiger partial charge on any atom is -0.493 e. The predicted molar refractivity (Wildman–Crippen MR) is 115 cm³/mol. The van der Waals surface area contributed by atoms with E-state index in [4.69, 9.17) is 9.47 Å². The summed E-state index contributed by atoms with van der Waals surface area (Å²) in [7, 11) is 1.67. The van der Waals surface area contributed by atoms with Crippen molar-refractivity contribution >= 4 is 11.0 Å². The number of ether oxygens (including phenoxy) is 2. The van der Waals surface area contributed by atoms with Crippen molar-refractivity contribution in [3.05, 3.63) is 89.7 Å². The monoisotopic (exact) mass is 387 g/mol. The van der Waals surface area contributed by atoms with Gasteiger partial charge in [-0.15, -0.1) is 0 Å². The van der Waals surface area contributed by atoms with Crippen LogP contribution in [-0.4, -0.2) is 23.6 Å². The van der Waals surface area contributed by atoms with E-state index in [1.807, 2.05) is 54.6 Å². The number of para-hydroxylation sites is 3. The number of methoxy groups -OCH3 is 1. The first kappa shape index (κ1) is 19.0. The molecule has 3 aromatic carbocycles. The van der Waals surface area contributed by atoms with Gasteiger partial charge in [-0.25, -0.2) is 4.98 Å². The molecule has 29 heavy (non-hydrogen) atoms. The van der Waals surface area contributed by atoms with Crippen molar-refractivity contribution in [3.8, 4) is 11.5 Å². The normalized spacial score (nSPS) is 10.9. The molecule has 0 saturated heterocycles. The molecule has 0 bridgehead atoms. The van der Waals surface area contributed by atoms with Crippen LogP contribution in [0.2, 0.25) is 0 Å². The molecule has 0 aliphatic heterocycles. The number of H-pyrrole nitrogens is 1. The number of aromatic amines is 1. The summed E-state index contributed by atoms with van der Waals surface area (Å²) in [6.07, 6.45) is 0.832. The first-order chi connectivity index (χ1) is 14.3. The van der Waals surface area contributed by atoms with Crippen molar-refractivity contribution in [2.45, 2.75) is 19.6 Å². The fourth-order valence-corrected chi connectivity index (χ4v) is 3.31. The third-order valence-electron chi connectivity index (χ3n) is 4.80. The first-order valence-corrected chi connectivity index (χ1v) is 9.80. The predicted octanol–water partition coefficient (Wildman–Crippen LogP) is 4.48. The number of benzene rings is 3. The average Bonchev–Trinajstić information content (AvgIpc) is 3.19. The largest absolute Gasteiger partial charge is 0.493 e. The first-order valence-electron chi connectivity index (χ1n) is 9.80. The van der Waals surface area contributed by atoms with E-state index in [-0.39, 0.29) is 0 Å². The Morgan fingerprint density at radius 2 is 1.76 bits per heavy atom. The van der Waals surface area contributed by atoms with Gasteiger partial charge in [0.1, 0.15) is 12.4 Å². The summed E-state index contributed by atoms with van der Waals surface area (Å²) >= 11 is 0. The minimum atomic E-state index is 0.507. The van der Waals surface area contributed by atoms with E-state index in [1.165, 1.54) is 0 Å². The summed E-state index contributed by atoms with van der Waals surface area (Å²) in [5.41, 5.74) is 4.28. The van der Waals surface area contributed by atoms with Gasteiger partial charge in [-0.05, 0) is 23.8 Å². The Kier molecular flexibility index (Phi) is 6.07. The molecule has 148 valence electrons. The molecule has 1 heterocycles. The van der Waals surface area contributed by atoms with Crippen molar-refractivity contribution in [2.24, 2.45) is 0 Å². The quantitative estimate of drug-likeness (QED) is 0.416. The Labute approximate surface area is 170 Å². The van der Waals surface area contributed by atoms with E-state index < -0.39 is 0 Å². The second-order valence-electron chi connectivity index (χ2n) is 6.85. The molecule has 0 aliphatic carbocycles. The number of rotatable bonds is 9. The molecule has 0 aliphatic rings. The second kappa shape index (κ2) is 9.26. The maximum absolute atomic E-state index is 6.12. The molecule has 4 rings (SSSR count). The molecule has 0 unspecified atom stereocenters. The summed E-state index contributed by atoms with van der Waals surface area (Å²) < 4.78 is 11.6. The molecule has 0 amide bonds. The zero-order valence-electron chi connectivity index (χ0n) is 16.5. The summed E-state index contributed by atoms with van der Waals surface area (Å²) in [6.45, 7) is 2.02. The van der Waals surface area contributed by atoms with Gasteiger partial charge in [-0.1, -0.05) is 54.6 Å². The highest BCUT2D eigenvalue weighted by molar-refractivity contribution is 5.74. The number of nitrogens with one attached hydrogen (secondary N) is 2. The van der Waals surface area contributed by atoms with Crippen LogP contribution < -0.4 is 14.8 Å². The summed E-state index contributed by atoms with van der Waals surface area (Å²) in [4.78, 5) is 7.99. The molecule has 0 fully saturated rings. The van der Waals surface area contributed by atoms with Crippen LogP contribution in [0.1, 0.15) is 17.0 Å². The number of imidazole rings is 1. The molecule has 4 aromatic rings. The Morgan fingerprint density at radius 3 is 2.59 bits per heavy atom. The van der Waals surface area contributed by atoms with Gasteiger partial charge >= 0.3 is 0 Å². The Bertz CT molecular complexity index is 1030. The number of aromatic nitrogens is 2. The van der Waals surface area contributed by atoms with Crippen LogP contribution in [0.25, 0.3) is 11.0 Å². The standard InChI is InChI=1S/C24H25N3O2/c1-28-22-13-7-10-19(24(22)29-17-18-8-3-2-4-9-18)16-25-15-14-23-26-20-11-5-6-12-21(20)27-23/h2-13,25H,14-17H2,1H3,(H,26,27). The van der Waals surface area contributed by atoms with Crippen molar-refractivity contribution in [1.82, 2.24) is 15.3 Å². The zero-order valence-corrected chi connectivity index (χ0v) is 16.5. The zero-order chi connectivity index (χ0) is 19.9. The van der Waals surface area contributed by atoms with Gasteiger partial charge in [-0.3, -0.25) is 0 Å². The topological polar surface area (TPSA) is 59.2 Å². The Morgan fingerprint density at radius 1 is 0.931 bits per heavy atom. The highest BCUT2D eigenvalue weighted by Crippen LogP contribution is 2.31. The summed E-state index contributed by atoms with van der Waals surface area (Å²) in [5.74, 6) is 2.53. The Balaban J connectivity index is 1.37. The molecule has 0 radical (unpaired) electrons. The van der Waals surface area contributed by atoms with Crippen molar-refractivity contribution in [3.63, 3.8) is 0 Å². The van der Waals surface area contributed by atoms with Crippen molar-refractivity contribution < 1.29 is 9.47 Å². The van der Waals surface area contributed by atoms with Crippen LogP contribution >= 0.6 is 0 Å². The van der Waals surface area contributed by atoms with E-state index in [1.54, 1.807) is 7.11 Å². The lowest BCUT2D eigenvalue weighted by Crippen LogP contribution is -2.18. The maximum Gasteiger partial charge on any atom is 0.166 e. The van der Waals surface area contributed by atoms with Crippen LogP contribution in [0.15, 0.2) is 72.8 Å². The molecule has 5 nitrogen and oxygen atoms in total. The molecule has 1 aromatic heterocycles. The van der Waals surface area contributed by atoms with Gasteiger partial charge in [-0.2, -0.15) is 0 Å². The molecular weight excluding hydrogens is 362 g/mol. The highest BCUT2D eigenvalue weighted by Gasteiger charge is 2.11. The second-order valence-corrected chi connectivity index (χ2v) is 6.85. The van der Waals surface area contributed by atoms with Gasteiger partial charge in [0.15, 0.2) is 11.5 Å². The minimum absolute atomic E-state index is 0.507. The number of hydrogen-bond donors (Lipinski definition) is 2. The van der Waals surface area contributed by atoms with E-state index in [0.29, 0.717) is 13.2 Å². The van der Waals surface area contributed by atoms with E-state index in [2.05, 4.69) is 33.5 Å². The van der Waals surface area contributed by atoms with Gasteiger partial charge in [0.05, 0.1) is 18.1 Å². The van der Waals surface area contributed by atoms with Crippen LogP contribution in [-0.2, 0) is 19.6 Å². The molecule has 0 spiro atoms. The summed E-state index contributed by atoms with van der Waals surface area (Å²) in [5, 5.41) is 3.49. The number of nitrogens with zero attached hydrogens (tertiary/aromatic N) is 1. The van der Waals surface area contributed by atoms with Gasteiger partial charge in [0.2, 0.25) is 0 Å². The van der Waals surface area contributed by atoms with Crippen LogP contribution in [0.5, 0.6) is 11.5 Å². The number of fused-ring (bicyclic) bond motifs is 1. The molecule has 2 N–H and O–H groups in total. The van der Waals surface area contributed by atoms with Gasteiger partial charge in [0, 0.05) is 25.1 Å². The number of hydrogen-bond acceptors (Lipinski definition) is 4. The van der Waals surface area contributed by atoms with Crippen molar-refractivity contribution in [2.75, 3.05) is 13.7 Å². The van der Waals surface area contributed by atoms with Crippen molar-refractivity contribution in [1.29, 1.82) is 0 Å².